The third-order valence-corrected chi connectivity index (χ3v) is 3.18. The number of urea groups is 1. The quantitative estimate of drug-likeness (QED) is 0.600. The molecule has 1 fully saturated rings. The molecule has 0 aromatic heterocycles. The van der Waals surface area contributed by atoms with Crippen LogP contribution in [0, 0.1) is 0 Å². The van der Waals surface area contributed by atoms with Gasteiger partial charge >= 0.3 is 12.0 Å². The monoisotopic (exact) mass is 258 g/mol. The van der Waals surface area contributed by atoms with Crippen molar-refractivity contribution in [1.29, 1.82) is 0 Å². The maximum atomic E-state index is 11.5. The molecule has 1 atom stereocenters. The molecule has 6 heteroatoms. The van der Waals surface area contributed by atoms with E-state index in [9.17, 15) is 9.59 Å². The fourth-order valence-corrected chi connectivity index (χ4v) is 2.11. The Kier molecular flexibility index (Phi) is 6.49. The number of carbonyl (C=O) groups excluding carboxylic acids is 1. The molecule has 6 nitrogen and oxygen atoms in total. The minimum Gasteiger partial charge on any atom is -0.479 e. The van der Waals surface area contributed by atoms with Gasteiger partial charge in [-0.15, -0.1) is 0 Å². The number of carboxylic acids is 1. The first-order valence-corrected chi connectivity index (χ1v) is 6.55. The van der Waals surface area contributed by atoms with Gasteiger partial charge in [0.25, 0.3) is 0 Å². The molecular weight excluding hydrogens is 236 g/mol. The Morgan fingerprint density at radius 3 is 2.22 bits per heavy atom. The third-order valence-electron chi connectivity index (χ3n) is 3.18. The first kappa shape index (κ1) is 14.8. The molecule has 1 aliphatic rings. The molecule has 0 aliphatic heterocycles. The van der Waals surface area contributed by atoms with Crippen molar-refractivity contribution in [3.63, 3.8) is 0 Å². The van der Waals surface area contributed by atoms with Crippen molar-refractivity contribution in [2.24, 2.45) is 0 Å². The maximum Gasteiger partial charge on any atom is 0.334 e. The number of nitrogens with one attached hydrogen (secondary N) is 2. The second kappa shape index (κ2) is 7.92. The number of aliphatic carboxylic acids is 1. The molecule has 0 spiro atoms. The molecule has 0 aromatic rings. The summed E-state index contributed by atoms with van der Waals surface area (Å²) in [6.45, 7) is -0.270. The summed E-state index contributed by atoms with van der Waals surface area (Å²) in [6, 6.07) is -0.242. The number of carboxylic acid groups (broad SMARTS) is 1. The van der Waals surface area contributed by atoms with E-state index in [-0.39, 0.29) is 12.6 Å². The van der Waals surface area contributed by atoms with Gasteiger partial charge in [-0.05, 0) is 12.8 Å². The van der Waals surface area contributed by atoms with Crippen LogP contribution >= 0.6 is 0 Å². The zero-order valence-corrected chi connectivity index (χ0v) is 10.5. The average Bonchev–Trinajstić information content (AvgIpc) is 2.29. The van der Waals surface area contributed by atoms with E-state index in [0.29, 0.717) is 0 Å². The number of carbonyl (C=O) groups is 2. The molecule has 0 unspecified atom stereocenters. The van der Waals surface area contributed by atoms with Gasteiger partial charge in [0.2, 0.25) is 0 Å². The van der Waals surface area contributed by atoms with Crippen LogP contribution in [-0.4, -0.2) is 40.9 Å². The summed E-state index contributed by atoms with van der Waals surface area (Å²) in [4.78, 5) is 21.9. The molecule has 2 amide bonds. The van der Waals surface area contributed by atoms with Crippen molar-refractivity contribution in [2.45, 2.75) is 57.1 Å². The molecule has 18 heavy (non-hydrogen) atoms. The van der Waals surface area contributed by atoms with Gasteiger partial charge in [0.1, 0.15) is 0 Å². The SMILES string of the molecule is O=C(NC[C@H](O)C(=O)O)NC1CCCCCCC1. The Bertz CT molecular complexity index is 275. The predicted molar refractivity (Wildman–Crippen MR) is 66.3 cm³/mol. The Morgan fingerprint density at radius 2 is 1.67 bits per heavy atom. The summed E-state index contributed by atoms with van der Waals surface area (Å²) < 4.78 is 0. The number of aliphatic hydroxyl groups is 1. The number of amides is 2. The Balaban J connectivity index is 2.23. The van der Waals surface area contributed by atoms with Gasteiger partial charge in [0.05, 0.1) is 6.54 Å². The smallest absolute Gasteiger partial charge is 0.334 e. The highest BCUT2D eigenvalue weighted by atomic mass is 16.4. The summed E-state index contributed by atoms with van der Waals surface area (Å²) in [6.07, 6.45) is 6.29. The van der Waals surface area contributed by atoms with Crippen molar-refractivity contribution < 1.29 is 19.8 Å². The minimum absolute atomic E-state index is 0.160. The molecule has 1 rings (SSSR count). The topological polar surface area (TPSA) is 98.7 Å². The third kappa shape index (κ3) is 5.86. The van der Waals surface area contributed by atoms with E-state index in [0.717, 1.165) is 25.7 Å². The maximum absolute atomic E-state index is 11.5. The first-order valence-electron chi connectivity index (χ1n) is 6.55. The standard InChI is InChI=1S/C12H22N2O4/c15-10(11(16)17)8-13-12(18)14-9-6-4-2-1-3-5-7-9/h9-10,15H,1-8H2,(H,16,17)(H2,13,14,18)/t10-/m0/s1. The Labute approximate surface area is 107 Å². The number of hydrogen-bond donors (Lipinski definition) is 4. The fourth-order valence-electron chi connectivity index (χ4n) is 2.11. The van der Waals surface area contributed by atoms with E-state index >= 15 is 0 Å². The normalized spacial score (nSPS) is 19.4. The van der Waals surface area contributed by atoms with E-state index < -0.39 is 18.1 Å². The van der Waals surface area contributed by atoms with Crippen molar-refractivity contribution >= 4 is 12.0 Å². The molecule has 1 aliphatic carbocycles. The van der Waals surface area contributed by atoms with Crippen LogP contribution in [0.1, 0.15) is 44.9 Å². The number of hydrogen-bond acceptors (Lipinski definition) is 3. The van der Waals surface area contributed by atoms with Gasteiger partial charge in [0, 0.05) is 6.04 Å². The predicted octanol–water partition coefficient (Wildman–Crippen LogP) is 0.844. The molecular formula is C12H22N2O4. The zero-order chi connectivity index (χ0) is 13.4. The summed E-state index contributed by atoms with van der Waals surface area (Å²) in [7, 11) is 0. The molecule has 104 valence electrons. The molecule has 0 saturated heterocycles. The average molecular weight is 258 g/mol. The molecule has 0 heterocycles. The van der Waals surface area contributed by atoms with Crippen molar-refractivity contribution in [1.82, 2.24) is 10.6 Å². The highest BCUT2D eigenvalue weighted by Crippen LogP contribution is 2.16. The largest absolute Gasteiger partial charge is 0.479 e. The minimum atomic E-state index is -1.55. The lowest BCUT2D eigenvalue weighted by molar-refractivity contribution is -0.146. The lowest BCUT2D eigenvalue weighted by Gasteiger charge is -2.21. The highest BCUT2D eigenvalue weighted by molar-refractivity contribution is 5.76. The lowest BCUT2D eigenvalue weighted by Crippen LogP contribution is -2.46. The van der Waals surface area contributed by atoms with Crippen molar-refractivity contribution in [2.75, 3.05) is 6.54 Å². The molecule has 1 saturated carbocycles. The van der Waals surface area contributed by atoms with Gasteiger partial charge in [-0.1, -0.05) is 32.1 Å². The van der Waals surface area contributed by atoms with Gasteiger partial charge in [0.15, 0.2) is 6.10 Å². The zero-order valence-electron chi connectivity index (χ0n) is 10.5. The van der Waals surface area contributed by atoms with Crippen LogP contribution in [0.15, 0.2) is 0 Å². The lowest BCUT2D eigenvalue weighted by atomic mass is 9.97. The second-order valence-electron chi connectivity index (χ2n) is 4.75. The van der Waals surface area contributed by atoms with Crippen LogP contribution in [0.2, 0.25) is 0 Å². The molecule has 0 radical (unpaired) electrons. The van der Waals surface area contributed by atoms with Gasteiger partial charge in [-0.3, -0.25) is 0 Å². The van der Waals surface area contributed by atoms with Crippen molar-refractivity contribution in [3.05, 3.63) is 0 Å². The summed E-state index contributed by atoms with van der Waals surface area (Å²) in [5, 5.41) is 22.7. The van der Waals surface area contributed by atoms with Crippen LogP contribution in [0.25, 0.3) is 0 Å². The second-order valence-corrected chi connectivity index (χ2v) is 4.75. The van der Waals surface area contributed by atoms with Gasteiger partial charge in [-0.2, -0.15) is 0 Å². The number of rotatable bonds is 4. The van der Waals surface area contributed by atoms with E-state index in [1.165, 1.54) is 19.3 Å². The van der Waals surface area contributed by atoms with Crippen LogP contribution < -0.4 is 10.6 Å². The van der Waals surface area contributed by atoms with E-state index in [1.807, 2.05) is 0 Å². The van der Waals surface area contributed by atoms with Crippen LogP contribution in [0.4, 0.5) is 4.79 Å². The summed E-state index contributed by atoms with van der Waals surface area (Å²) in [5.41, 5.74) is 0. The van der Waals surface area contributed by atoms with E-state index in [2.05, 4.69) is 10.6 Å². The summed E-state index contributed by atoms with van der Waals surface area (Å²) in [5.74, 6) is -1.33. The van der Waals surface area contributed by atoms with Crippen molar-refractivity contribution in [3.8, 4) is 0 Å². The van der Waals surface area contributed by atoms with Crippen LogP contribution in [0.5, 0.6) is 0 Å². The summed E-state index contributed by atoms with van der Waals surface area (Å²) >= 11 is 0. The van der Waals surface area contributed by atoms with Gasteiger partial charge < -0.3 is 20.8 Å². The fraction of sp³-hybridized carbons (Fsp3) is 0.833. The van der Waals surface area contributed by atoms with E-state index in [1.54, 1.807) is 0 Å². The number of aliphatic hydroxyl groups excluding tert-OH is 1. The van der Waals surface area contributed by atoms with E-state index in [4.69, 9.17) is 10.2 Å². The molecule has 4 N–H and O–H groups in total. The molecule has 0 bridgehead atoms. The van der Waals surface area contributed by atoms with Crippen LogP contribution in [0.3, 0.4) is 0 Å². The molecule has 0 aromatic carbocycles. The van der Waals surface area contributed by atoms with Crippen LogP contribution in [-0.2, 0) is 4.79 Å². The Hall–Kier alpha value is -1.30. The Morgan fingerprint density at radius 1 is 1.11 bits per heavy atom. The highest BCUT2D eigenvalue weighted by Gasteiger charge is 2.16. The van der Waals surface area contributed by atoms with Gasteiger partial charge in [-0.25, -0.2) is 9.59 Å². The first-order chi connectivity index (χ1) is 8.59.